The number of carbonyl (C=O) groups excluding carboxylic acids is 1. The molecule has 0 rings (SSSR count). The van der Waals surface area contributed by atoms with E-state index in [1.165, 1.54) is 18.7 Å². The molecule has 0 saturated carbocycles. The summed E-state index contributed by atoms with van der Waals surface area (Å²) in [5, 5.41) is -0.207. The summed E-state index contributed by atoms with van der Waals surface area (Å²) in [6.07, 6.45) is 1.06. The van der Waals surface area contributed by atoms with Gasteiger partial charge in [-0.3, -0.25) is 4.79 Å². The van der Waals surface area contributed by atoms with Gasteiger partial charge >= 0.3 is 5.97 Å². The molecule has 0 spiro atoms. The van der Waals surface area contributed by atoms with Crippen LogP contribution < -0.4 is 0 Å². The molecule has 0 aromatic heterocycles. The van der Waals surface area contributed by atoms with E-state index in [0.717, 1.165) is 5.75 Å². The van der Waals surface area contributed by atoms with E-state index in [0.29, 0.717) is 19.4 Å². The molecule has 0 bridgehead atoms. The molecule has 0 heterocycles. The Bertz CT molecular complexity index is 223. The fourth-order valence-electron chi connectivity index (χ4n) is 1.25. The van der Waals surface area contributed by atoms with E-state index >= 15 is 0 Å². The molecule has 0 aliphatic carbocycles. The maximum atomic E-state index is 12.9. The predicted molar refractivity (Wildman–Crippen MR) is 67.6 cm³/mol. The van der Waals surface area contributed by atoms with Crippen LogP contribution in [0, 0.1) is 0 Å². The number of thioether (sulfide) groups is 1. The van der Waals surface area contributed by atoms with Crippen molar-refractivity contribution in [1.29, 1.82) is 0 Å². The molecular formula is C12H22F2O2S. The third-order valence-corrected chi connectivity index (χ3v) is 3.66. The lowest BCUT2D eigenvalue weighted by molar-refractivity contribution is -0.142. The van der Waals surface area contributed by atoms with Crippen molar-refractivity contribution in [1.82, 2.24) is 0 Å². The smallest absolute Gasteiger partial charge is 0.318 e. The number of hydrogen-bond donors (Lipinski definition) is 0. The van der Waals surface area contributed by atoms with Gasteiger partial charge in [0.25, 0.3) is 0 Å². The van der Waals surface area contributed by atoms with Gasteiger partial charge in [0, 0.05) is 12.8 Å². The summed E-state index contributed by atoms with van der Waals surface area (Å²) in [6.45, 7) is 5.43. The zero-order valence-corrected chi connectivity index (χ0v) is 11.6. The number of rotatable bonds is 9. The SMILES string of the molecule is CCOC(=O)C(C)SCCCCC(F)(F)CC. The number of esters is 1. The van der Waals surface area contributed by atoms with Crippen LogP contribution in [0.5, 0.6) is 0 Å². The van der Waals surface area contributed by atoms with Gasteiger partial charge in [0.2, 0.25) is 5.92 Å². The Hall–Kier alpha value is -0.320. The fourth-order valence-corrected chi connectivity index (χ4v) is 2.18. The first-order chi connectivity index (χ1) is 7.93. The molecule has 102 valence electrons. The molecule has 0 fully saturated rings. The van der Waals surface area contributed by atoms with Crippen molar-refractivity contribution >= 4 is 17.7 Å². The molecule has 1 unspecified atom stereocenters. The molecule has 2 nitrogen and oxygen atoms in total. The highest BCUT2D eigenvalue weighted by atomic mass is 32.2. The van der Waals surface area contributed by atoms with Crippen molar-refractivity contribution in [2.45, 2.75) is 57.6 Å². The van der Waals surface area contributed by atoms with Crippen LogP contribution in [0.25, 0.3) is 0 Å². The fraction of sp³-hybridized carbons (Fsp3) is 0.917. The van der Waals surface area contributed by atoms with Crippen LogP contribution in [0.2, 0.25) is 0 Å². The monoisotopic (exact) mass is 268 g/mol. The van der Waals surface area contributed by atoms with Gasteiger partial charge in [-0.15, -0.1) is 11.8 Å². The molecule has 5 heteroatoms. The molecule has 0 aliphatic rings. The first-order valence-electron chi connectivity index (χ1n) is 6.09. The number of hydrogen-bond acceptors (Lipinski definition) is 3. The van der Waals surface area contributed by atoms with Gasteiger partial charge in [-0.1, -0.05) is 6.92 Å². The molecular weight excluding hydrogens is 246 g/mol. The average molecular weight is 268 g/mol. The molecule has 0 aromatic carbocycles. The molecule has 0 radical (unpaired) electrons. The maximum absolute atomic E-state index is 12.9. The van der Waals surface area contributed by atoms with Crippen LogP contribution in [0.4, 0.5) is 8.78 Å². The summed E-state index contributed by atoms with van der Waals surface area (Å²) in [6, 6.07) is 0. The Morgan fingerprint density at radius 3 is 2.53 bits per heavy atom. The number of halogens is 2. The van der Waals surface area contributed by atoms with E-state index in [4.69, 9.17) is 4.74 Å². The van der Waals surface area contributed by atoms with Crippen LogP contribution in [-0.4, -0.2) is 29.5 Å². The van der Waals surface area contributed by atoms with E-state index in [9.17, 15) is 13.6 Å². The Labute approximate surface area is 106 Å². The zero-order valence-electron chi connectivity index (χ0n) is 10.8. The second-order valence-corrected chi connectivity index (χ2v) is 5.38. The van der Waals surface area contributed by atoms with Crippen LogP contribution in [0.15, 0.2) is 0 Å². The highest BCUT2D eigenvalue weighted by molar-refractivity contribution is 8.00. The quantitative estimate of drug-likeness (QED) is 0.469. The lowest BCUT2D eigenvalue weighted by atomic mass is 10.1. The molecule has 0 aromatic rings. The van der Waals surface area contributed by atoms with E-state index in [2.05, 4.69) is 0 Å². The largest absolute Gasteiger partial charge is 0.465 e. The van der Waals surface area contributed by atoms with Gasteiger partial charge in [0.15, 0.2) is 0 Å². The minimum Gasteiger partial charge on any atom is -0.465 e. The normalized spacial score (nSPS) is 13.5. The summed E-state index contributed by atoms with van der Waals surface area (Å²) in [4.78, 5) is 11.2. The number of ether oxygens (including phenoxy) is 1. The lowest BCUT2D eigenvalue weighted by Gasteiger charge is -2.13. The van der Waals surface area contributed by atoms with E-state index in [1.807, 2.05) is 0 Å². The molecule has 0 aliphatic heterocycles. The second kappa shape index (κ2) is 8.72. The molecule has 0 amide bonds. The zero-order chi connectivity index (χ0) is 13.3. The van der Waals surface area contributed by atoms with Crippen molar-refractivity contribution in [2.75, 3.05) is 12.4 Å². The topological polar surface area (TPSA) is 26.3 Å². The number of unbranched alkanes of at least 4 members (excludes halogenated alkanes) is 1. The highest BCUT2D eigenvalue weighted by Crippen LogP contribution is 2.25. The molecule has 1 atom stereocenters. The van der Waals surface area contributed by atoms with Crippen molar-refractivity contribution in [3.63, 3.8) is 0 Å². The third kappa shape index (κ3) is 8.41. The molecule has 0 N–H and O–H groups in total. The van der Waals surface area contributed by atoms with Crippen molar-refractivity contribution < 1.29 is 18.3 Å². The van der Waals surface area contributed by atoms with Gasteiger partial charge in [0.1, 0.15) is 0 Å². The van der Waals surface area contributed by atoms with E-state index in [-0.39, 0.29) is 24.1 Å². The van der Waals surface area contributed by atoms with Crippen LogP contribution in [0.3, 0.4) is 0 Å². The van der Waals surface area contributed by atoms with Crippen LogP contribution in [0.1, 0.15) is 46.5 Å². The first-order valence-corrected chi connectivity index (χ1v) is 7.14. The third-order valence-electron chi connectivity index (χ3n) is 2.44. The minimum absolute atomic E-state index is 0.0577. The minimum atomic E-state index is -2.53. The van der Waals surface area contributed by atoms with Gasteiger partial charge < -0.3 is 4.74 Å². The average Bonchev–Trinajstić information content (AvgIpc) is 2.28. The molecule has 17 heavy (non-hydrogen) atoms. The summed E-state index contributed by atoms with van der Waals surface area (Å²) < 4.78 is 30.6. The van der Waals surface area contributed by atoms with Crippen molar-refractivity contribution in [3.05, 3.63) is 0 Å². The van der Waals surface area contributed by atoms with E-state index < -0.39 is 5.92 Å². The Balaban J connectivity index is 3.55. The standard InChI is InChI=1S/C12H22F2O2S/c1-4-12(13,14)8-6-7-9-17-10(3)11(15)16-5-2/h10H,4-9H2,1-3H3. The van der Waals surface area contributed by atoms with E-state index in [1.54, 1.807) is 13.8 Å². The Morgan fingerprint density at radius 1 is 1.35 bits per heavy atom. The van der Waals surface area contributed by atoms with Gasteiger partial charge in [0.05, 0.1) is 11.9 Å². The maximum Gasteiger partial charge on any atom is 0.318 e. The van der Waals surface area contributed by atoms with Gasteiger partial charge in [-0.05, 0) is 32.4 Å². The Morgan fingerprint density at radius 2 is 2.00 bits per heavy atom. The summed E-state index contributed by atoms with van der Waals surface area (Å²) in [5.41, 5.74) is 0. The summed E-state index contributed by atoms with van der Waals surface area (Å²) in [5.74, 6) is -2.03. The second-order valence-electron chi connectivity index (χ2n) is 3.93. The summed E-state index contributed by atoms with van der Waals surface area (Å²) in [7, 11) is 0. The van der Waals surface area contributed by atoms with Gasteiger partial charge in [-0.25, -0.2) is 8.78 Å². The highest BCUT2D eigenvalue weighted by Gasteiger charge is 2.24. The molecule has 0 saturated heterocycles. The van der Waals surface area contributed by atoms with Gasteiger partial charge in [-0.2, -0.15) is 0 Å². The van der Waals surface area contributed by atoms with Crippen LogP contribution >= 0.6 is 11.8 Å². The van der Waals surface area contributed by atoms with Crippen molar-refractivity contribution in [3.8, 4) is 0 Å². The lowest BCUT2D eigenvalue weighted by Crippen LogP contribution is -2.17. The van der Waals surface area contributed by atoms with Crippen LogP contribution in [-0.2, 0) is 9.53 Å². The Kier molecular flexibility index (Phi) is 8.56. The summed E-state index contributed by atoms with van der Waals surface area (Å²) >= 11 is 1.46. The first kappa shape index (κ1) is 16.7. The van der Waals surface area contributed by atoms with Crippen molar-refractivity contribution in [2.24, 2.45) is 0 Å². The predicted octanol–water partition coefficient (Wildman–Crippen LogP) is 3.89. The number of alkyl halides is 2. The number of carbonyl (C=O) groups is 1.